The van der Waals surface area contributed by atoms with Crippen LogP contribution in [0.25, 0.3) is 22.1 Å². The zero-order chi connectivity index (χ0) is 21.4. The van der Waals surface area contributed by atoms with Crippen molar-refractivity contribution in [1.29, 1.82) is 0 Å². The molecule has 0 unspecified atom stereocenters. The molecule has 156 valence electrons. The Morgan fingerprint density at radius 3 is 2.47 bits per heavy atom. The van der Waals surface area contributed by atoms with Gasteiger partial charge in [0.15, 0.2) is 17.3 Å². The number of ketones is 1. The highest BCUT2D eigenvalue weighted by molar-refractivity contribution is 5.88. The Kier molecular flexibility index (Phi) is 5.35. The van der Waals surface area contributed by atoms with Crippen molar-refractivity contribution in [2.45, 2.75) is 24.6 Å². The van der Waals surface area contributed by atoms with Crippen LogP contribution in [0.15, 0.2) is 57.9 Å². The summed E-state index contributed by atoms with van der Waals surface area (Å²) in [5.74, 6) is -1.22. The highest BCUT2D eigenvalue weighted by atomic mass is 19.1. The average Bonchev–Trinajstić information content (AvgIpc) is 2.75. The molecule has 0 spiro atoms. The number of benzene rings is 2. The second-order valence-electron chi connectivity index (χ2n) is 6.78. The number of hydrogen-bond acceptors (Lipinski definition) is 8. The van der Waals surface area contributed by atoms with Gasteiger partial charge >= 0.3 is 0 Å². The molecule has 1 aliphatic rings. The highest BCUT2D eigenvalue weighted by Crippen LogP contribution is 2.26. The fraction of sp³-hybridized carbons (Fsp3) is 0.238. The van der Waals surface area contributed by atoms with E-state index >= 15 is 0 Å². The Labute approximate surface area is 168 Å². The Balaban J connectivity index is 1.63. The number of aliphatic hydroxyl groups is 3. The fourth-order valence-electron chi connectivity index (χ4n) is 3.19. The summed E-state index contributed by atoms with van der Waals surface area (Å²) in [5.41, 5.74) is 0.603. The predicted molar refractivity (Wildman–Crippen MR) is 101 cm³/mol. The molecule has 9 heteroatoms. The van der Waals surface area contributed by atoms with Gasteiger partial charge < -0.3 is 29.2 Å². The van der Waals surface area contributed by atoms with Gasteiger partial charge in [0.25, 0.3) is 0 Å². The first-order chi connectivity index (χ1) is 14.4. The van der Waals surface area contributed by atoms with E-state index in [1.807, 2.05) is 0 Å². The molecule has 8 nitrogen and oxygen atoms in total. The number of ether oxygens (including phenoxy) is 2. The summed E-state index contributed by atoms with van der Waals surface area (Å²) in [6.07, 6.45) is -4.87. The lowest BCUT2D eigenvalue weighted by Crippen LogP contribution is -2.57. The molecule has 1 fully saturated rings. The molecule has 1 saturated heterocycles. The molecule has 4 rings (SSSR count). The first-order valence-electron chi connectivity index (χ1n) is 9.03. The minimum atomic E-state index is -1.76. The second kappa shape index (κ2) is 7.96. The van der Waals surface area contributed by atoms with E-state index in [1.165, 1.54) is 48.7 Å². The number of carbonyl (C=O) groups is 1. The van der Waals surface area contributed by atoms with Crippen molar-refractivity contribution in [3.05, 3.63) is 64.8 Å². The summed E-state index contributed by atoms with van der Waals surface area (Å²) in [6.45, 7) is -0.641. The van der Waals surface area contributed by atoms with Crippen LogP contribution in [-0.2, 0) is 9.53 Å². The van der Waals surface area contributed by atoms with E-state index in [1.54, 1.807) is 0 Å². The lowest BCUT2D eigenvalue weighted by molar-refractivity contribution is -0.229. The zero-order valence-corrected chi connectivity index (χ0v) is 15.4. The molecule has 0 amide bonds. The minimum absolute atomic E-state index is 0.130. The fourth-order valence-corrected chi connectivity index (χ4v) is 3.19. The molecule has 1 aromatic heterocycles. The van der Waals surface area contributed by atoms with Crippen LogP contribution >= 0.6 is 0 Å². The normalized spacial score (nSPS) is 24.2. The van der Waals surface area contributed by atoms with Crippen molar-refractivity contribution in [3.8, 4) is 16.9 Å². The minimum Gasteiger partial charge on any atom is -0.463 e. The van der Waals surface area contributed by atoms with E-state index in [2.05, 4.69) is 0 Å². The molecule has 0 bridgehead atoms. The van der Waals surface area contributed by atoms with Gasteiger partial charge in [-0.15, -0.1) is 0 Å². The number of aliphatic hydroxyl groups excluding tert-OH is 3. The van der Waals surface area contributed by atoms with E-state index in [9.17, 15) is 29.3 Å². The van der Waals surface area contributed by atoms with E-state index in [4.69, 9.17) is 13.9 Å². The third kappa shape index (κ3) is 3.59. The smallest absolute Gasteiger partial charge is 0.233 e. The summed E-state index contributed by atoms with van der Waals surface area (Å²) in [7, 11) is 0. The van der Waals surface area contributed by atoms with Crippen molar-refractivity contribution in [2.75, 3.05) is 6.61 Å². The molecule has 0 aliphatic carbocycles. The lowest BCUT2D eigenvalue weighted by atomic mass is 10.0. The van der Waals surface area contributed by atoms with Crippen LogP contribution in [-0.4, -0.2) is 52.3 Å². The lowest BCUT2D eigenvalue weighted by Gasteiger charge is -2.34. The molecule has 1 aliphatic heterocycles. The van der Waals surface area contributed by atoms with Gasteiger partial charge in [-0.25, -0.2) is 4.39 Å². The number of rotatable bonds is 4. The third-order valence-electron chi connectivity index (χ3n) is 4.84. The molecule has 3 aromatic rings. The van der Waals surface area contributed by atoms with Gasteiger partial charge in [-0.1, -0.05) is 12.1 Å². The van der Waals surface area contributed by atoms with E-state index < -0.39 is 42.8 Å². The molecule has 2 aromatic carbocycles. The molecule has 30 heavy (non-hydrogen) atoms. The van der Waals surface area contributed by atoms with Gasteiger partial charge in [0.1, 0.15) is 35.6 Å². The quantitative estimate of drug-likeness (QED) is 0.575. The van der Waals surface area contributed by atoms with Crippen LogP contribution < -0.4 is 10.2 Å². The first kappa shape index (κ1) is 20.2. The van der Waals surface area contributed by atoms with E-state index in [0.717, 1.165) is 0 Å². The number of halogens is 1. The topological polar surface area (TPSA) is 126 Å². The Morgan fingerprint density at radius 2 is 1.77 bits per heavy atom. The molecule has 0 radical (unpaired) electrons. The van der Waals surface area contributed by atoms with Crippen LogP contribution in [0.3, 0.4) is 0 Å². The van der Waals surface area contributed by atoms with Crippen molar-refractivity contribution >= 4 is 16.8 Å². The maximum Gasteiger partial charge on any atom is 0.233 e. The molecular formula is C21H17FO8. The average molecular weight is 416 g/mol. The molecule has 2 heterocycles. The SMILES string of the molecule is O=C1[C@@H](O)[C@@H](Oc2ccc3c(=O)c(-c4ccc(F)cc4)coc3c2)O[C@H](CO)[C@H]1O. The van der Waals surface area contributed by atoms with Crippen LogP contribution in [0.5, 0.6) is 5.75 Å². The van der Waals surface area contributed by atoms with Gasteiger partial charge in [-0.2, -0.15) is 0 Å². The Bertz CT molecular complexity index is 1140. The summed E-state index contributed by atoms with van der Waals surface area (Å²) in [6, 6.07) is 9.66. The Hall–Kier alpha value is -3.11. The molecule has 4 atom stereocenters. The maximum absolute atomic E-state index is 13.1. The molecule has 3 N–H and O–H groups in total. The van der Waals surface area contributed by atoms with Gasteiger partial charge in [0, 0.05) is 6.07 Å². The number of Topliss-reactive ketones (excluding diaryl/α,β-unsaturated/α-hetero) is 1. The van der Waals surface area contributed by atoms with Crippen LogP contribution in [0.4, 0.5) is 4.39 Å². The zero-order valence-electron chi connectivity index (χ0n) is 15.4. The maximum atomic E-state index is 13.1. The first-order valence-corrected chi connectivity index (χ1v) is 9.03. The summed E-state index contributed by atoms with van der Waals surface area (Å²) in [5, 5.41) is 29.1. The Morgan fingerprint density at radius 1 is 1.03 bits per heavy atom. The largest absolute Gasteiger partial charge is 0.463 e. The summed E-state index contributed by atoms with van der Waals surface area (Å²) >= 11 is 0. The van der Waals surface area contributed by atoms with Crippen molar-refractivity contribution in [1.82, 2.24) is 0 Å². The van der Waals surface area contributed by atoms with Crippen LogP contribution in [0.2, 0.25) is 0 Å². The molecule has 0 saturated carbocycles. The molecular weight excluding hydrogens is 399 g/mol. The number of carbonyl (C=O) groups excluding carboxylic acids is 1. The standard InChI is InChI=1S/C21H17FO8/c22-11-3-1-10(2-4-11)14-9-28-15-7-12(5-6-13(15)17(14)24)29-21-20(27)19(26)18(25)16(8-23)30-21/h1-7,9,16,18,20-21,23,25,27H,8H2/t16-,18-,20-,21+/m1/s1. The van der Waals surface area contributed by atoms with Crippen molar-refractivity contribution < 1.29 is 38.4 Å². The van der Waals surface area contributed by atoms with E-state index in [0.29, 0.717) is 5.56 Å². The van der Waals surface area contributed by atoms with E-state index in [-0.39, 0.29) is 27.7 Å². The van der Waals surface area contributed by atoms with Crippen molar-refractivity contribution in [2.24, 2.45) is 0 Å². The third-order valence-corrected chi connectivity index (χ3v) is 4.84. The highest BCUT2D eigenvalue weighted by Gasteiger charge is 2.44. The second-order valence-corrected chi connectivity index (χ2v) is 6.78. The number of fused-ring (bicyclic) bond motifs is 1. The summed E-state index contributed by atoms with van der Waals surface area (Å²) < 4.78 is 29.4. The van der Waals surface area contributed by atoms with Gasteiger partial charge in [-0.05, 0) is 29.8 Å². The summed E-state index contributed by atoms with van der Waals surface area (Å²) in [4.78, 5) is 24.7. The number of hydrogen-bond donors (Lipinski definition) is 3. The van der Waals surface area contributed by atoms with Gasteiger partial charge in [-0.3, -0.25) is 9.59 Å². The predicted octanol–water partition coefficient (Wildman–Crippen LogP) is 0.986. The van der Waals surface area contributed by atoms with Crippen LogP contribution in [0, 0.1) is 5.82 Å². The monoisotopic (exact) mass is 416 g/mol. The van der Waals surface area contributed by atoms with Gasteiger partial charge in [0.05, 0.1) is 17.6 Å². The van der Waals surface area contributed by atoms with Crippen LogP contribution in [0.1, 0.15) is 0 Å². The van der Waals surface area contributed by atoms with Gasteiger partial charge in [0.2, 0.25) is 6.29 Å². The van der Waals surface area contributed by atoms with Crippen molar-refractivity contribution in [3.63, 3.8) is 0 Å².